The average Bonchev–Trinajstić information content (AvgIpc) is 4.08. The van der Waals surface area contributed by atoms with Gasteiger partial charge >= 0.3 is 0 Å². The molecule has 7 rings (SSSR count). The smallest absolute Gasteiger partial charge is 0.142 e. The zero-order valence-electron chi connectivity index (χ0n) is 44.7. The van der Waals surface area contributed by atoms with Crippen LogP contribution in [0.15, 0.2) is 49.8 Å². The van der Waals surface area contributed by atoms with Crippen molar-refractivity contribution in [1.82, 2.24) is 48.8 Å². The summed E-state index contributed by atoms with van der Waals surface area (Å²) in [6, 6.07) is 0.433. The van der Waals surface area contributed by atoms with Crippen molar-refractivity contribution in [3.8, 4) is 0 Å². The first-order valence-corrected chi connectivity index (χ1v) is 24.3. The summed E-state index contributed by atoms with van der Waals surface area (Å²) in [6.07, 6.45) is 15.5. The van der Waals surface area contributed by atoms with E-state index in [1.807, 2.05) is 112 Å². The molecule has 0 amide bonds. The van der Waals surface area contributed by atoms with E-state index >= 15 is 0 Å². The molecule has 0 aliphatic carbocycles. The minimum absolute atomic E-state index is 0.0278. The van der Waals surface area contributed by atoms with Crippen LogP contribution < -0.4 is 0 Å². The van der Waals surface area contributed by atoms with E-state index in [0.29, 0.717) is 11.8 Å². The second-order valence-electron chi connectivity index (χ2n) is 21.1. The van der Waals surface area contributed by atoms with Crippen LogP contribution in [0.3, 0.4) is 0 Å². The van der Waals surface area contributed by atoms with Crippen LogP contribution in [0.4, 0.5) is 0 Å². The Bertz CT molecular complexity index is 2160. The van der Waals surface area contributed by atoms with E-state index in [1.165, 1.54) is 13.1 Å². The van der Waals surface area contributed by atoms with Crippen LogP contribution in [-0.4, -0.2) is 132 Å². The third-order valence-electron chi connectivity index (χ3n) is 13.4. The summed E-state index contributed by atoms with van der Waals surface area (Å²) in [5.41, 5.74) is -0.332. The van der Waals surface area contributed by atoms with Gasteiger partial charge in [0.2, 0.25) is 0 Å². The summed E-state index contributed by atoms with van der Waals surface area (Å²) in [4.78, 5) is 83.3. The van der Waals surface area contributed by atoms with Gasteiger partial charge in [0.25, 0.3) is 0 Å². The Hall–Kier alpha value is -4.74. The number of carbonyl (C=O) groups is 5. The number of aryl methyl sites for hydroxylation is 2. The van der Waals surface area contributed by atoms with Crippen molar-refractivity contribution in [3.05, 3.63) is 72.9 Å². The zero-order chi connectivity index (χ0) is 52.1. The molecule has 16 nitrogen and oxygen atoms in total. The number of aromatic nitrogens is 8. The van der Waals surface area contributed by atoms with Crippen LogP contribution >= 0.6 is 0 Å². The molecular formula is C50H84N10O6S. The monoisotopic (exact) mass is 953 g/mol. The number of aromatic amines is 2. The minimum atomic E-state index is -0.683. The molecule has 3 aliphatic heterocycles. The fourth-order valence-electron chi connectivity index (χ4n) is 6.14. The maximum Gasteiger partial charge on any atom is 0.142 e. The average molecular weight is 953 g/mol. The van der Waals surface area contributed by atoms with Crippen LogP contribution in [0, 0.1) is 5.41 Å². The van der Waals surface area contributed by atoms with Gasteiger partial charge in [-0.3, -0.25) is 38.0 Å². The highest BCUT2D eigenvalue weighted by molar-refractivity contribution is 7.85. The number of hydrogen-bond acceptors (Lipinski definition) is 12. The minimum Gasteiger partial charge on any atom is -0.348 e. The molecule has 2 unspecified atom stereocenters. The number of ketones is 5. The van der Waals surface area contributed by atoms with E-state index in [-0.39, 0.29) is 33.3 Å². The Balaban J connectivity index is 0.000000406. The summed E-state index contributed by atoms with van der Waals surface area (Å²) in [6.45, 7) is 38.9. The third-order valence-corrected chi connectivity index (χ3v) is 15.1. The SMILES string of the molecule is CC(=O)C(C)(C)C1CN2CCN1CC2.CC(=O)C(C)(C)c1cn(C)cn1.CC(=O)C(C)(C)c1cnc[nH]1.CC(=O)C(C)(C)c1ncc[nH]1.CC(=O)C(C)(C)c1nccn1C.CS(=O)C(C)(C)C. The van der Waals surface area contributed by atoms with Gasteiger partial charge in [0.1, 0.15) is 40.6 Å². The van der Waals surface area contributed by atoms with Gasteiger partial charge in [0.05, 0.1) is 40.0 Å². The second kappa shape index (κ2) is 24.5. The molecule has 3 saturated heterocycles. The summed E-state index contributed by atoms with van der Waals surface area (Å²) >= 11 is 0. The number of H-pyrrole nitrogens is 2. The van der Waals surface area contributed by atoms with E-state index < -0.39 is 32.5 Å². The predicted molar refractivity (Wildman–Crippen MR) is 269 cm³/mol. The zero-order valence-corrected chi connectivity index (χ0v) is 45.5. The Labute approximate surface area is 403 Å². The van der Waals surface area contributed by atoms with Gasteiger partial charge in [0.15, 0.2) is 0 Å². The maximum absolute atomic E-state index is 11.6. The van der Waals surface area contributed by atoms with Crippen LogP contribution in [0.2, 0.25) is 0 Å². The molecule has 67 heavy (non-hydrogen) atoms. The van der Waals surface area contributed by atoms with Crippen molar-refractivity contribution in [2.75, 3.05) is 39.0 Å². The second-order valence-corrected chi connectivity index (χ2v) is 23.2. The van der Waals surface area contributed by atoms with Crippen molar-refractivity contribution in [2.24, 2.45) is 19.5 Å². The number of imidazole rings is 4. The van der Waals surface area contributed by atoms with Gasteiger partial charge < -0.3 is 19.1 Å². The lowest BCUT2D eigenvalue weighted by molar-refractivity contribution is -0.133. The maximum atomic E-state index is 11.6. The molecule has 17 heteroatoms. The molecular weight excluding hydrogens is 869 g/mol. The van der Waals surface area contributed by atoms with Crippen molar-refractivity contribution in [3.63, 3.8) is 0 Å². The van der Waals surface area contributed by atoms with Crippen molar-refractivity contribution in [2.45, 2.75) is 157 Å². The standard InChI is InChI=1S/C11H20N2O.2C9H14N2O.2C8H12N2O.C5H12OS/c1-9(14)11(2,3)10-8-12-4-6-13(10)7-5-12;1-7(12)9(2,3)8-5-11(4)6-10-8;1-7(12)9(2,3)8-10-5-6-11(8)4;1-6(11)8(2,3)7-4-9-5-10-7;1-6(11)8(2,3)7-9-4-5-10-7;1-5(2,3)7(4)6/h10H,4-8H2,1-3H3;2*5-6H,1-4H3;2*4-5H,1-3H3,(H,9,10);1-4H3. The van der Waals surface area contributed by atoms with E-state index in [2.05, 4.69) is 53.6 Å². The molecule has 3 fully saturated rings. The van der Waals surface area contributed by atoms with Gasteiger partial charge in [-0.15, -0.1) is 0 Å². The summed E-state index contributed by atoms with van der Waals surface area (Å²) in [5, 5.41) is 0. The fraction of sp³-hybridized carbons (Fsp3) is 0.660. The highest BCUT2D eigenvalue weighted by Crippen LogP contribution is 2.31. The first kappa shape index (κ1) is 60.3. The number of carbonyl (C=O) groups excluding carboxylic acids is 5. The third kappa shape index (κ3) is 17.1. The summed E-state index contributed by atoms with van der Waals surface area (Å²) < 4.78 is 14.3. The van der Waals surface area contributed by atoms with Gasteiger partial charge in [-0.25, -0.2) is 19.9 Å². The molecule has 0 spiro atoms. The Morgan fingerprint density at radius 1 is 0.657 bits per heavy atom. The Morgan fingerprint density at radius 3 is 1.48 bits per heavy atom. The number of Topliss-reactive ketones (excluding diaryl/α,β-unsaturated/α-hetero) is 5. The molecule has 0 saturated carbocycles. The van der Waals surface area contributed by atoms with Crippen molar-refractivity contribution < 1.29 is 28.2 Å². The number of fused-ring (bicyclic) bond motifs is 3. The molecule has 2 atom stereocenters. The molecule has 7 heterocycles. The van der Waals surface area contributed by atoms with Crippen LogP contribution in [-0.2, 0) is 70.5 Å². The fourth-order valence-corrected chi connectivity index (χ4v) is 6.14. The van der Waals surface area contributed by atoms with Gasteiger partial charge in [0, 0.05) is 123 Å². The number of rotatable bonds is 10. The molecule has 3 aliphatic rings. The molecule has 4 aromatic heterocycles. The van der Waals surface area contributed by atoms with Crippen molar-refractivity contribution >= 4 is 39.7 Å². The molecule has 2 N–H and O–H groups in total. The first-order valence-electron chi connectivity index (χ1n) is 22.8. The lowest BCUT2D eigenvalue weighted by Gasteiger charge is -2.52. The molecule has 0 aromatic carbocycles. The van der Waals surface area contributed by atoms with Crippen molar-refractivity contribution in [1.29, 1.82) is 0 Å². The normalized spacial score (nSPS) is 17.5. The molecule has 4 aromatic rings. The van der Waals surface area contributed by atoms with Gasteiger partial charge in [-0.05, 0) is 111 Å². The first-order chi connectivity index (χ1) is 30.5. The molecule has 376 valence electrons. The lowest BCUT2D eigenvalue weighted by Crippen LogP contribution is -2.65. The highest BCUT2D eigenvalue weighted by Gasteiger charge is 2.43. The quantitative estimate of drug-likeness (QED) is 0.167. The number of piperazine rings is 3. The summed E-state index contributed by atoms with van der Waals surface area (Å²) in [7, 11) is 3.11. The topological polar surface area (TPSA) is 202 Å². The van der Waals surface area contributed by atoms with E-state index in [9.17, 15) is 28.2 Å². The highest BCUT2D eigenvalue weighted by atomic mass is 32.2. The molecule has 0 radical (unpaired) electrons. The van der Waals surface area contributed by atoms with E-state index in [1.54, 1.807) is 78.3 Å². The Morgan fingerprint density at radius 2 is 1.16 bits per heavy atom. The van der Waals surface area contributed by atoms with E-state index in [0.717, 1.165) is 42.7 Å². The number of hydrogen-bond donors (Lipinski definition) is 2. The summed E-state index contributed by atoms with van der Waals surface area (Å²) in [5.74, 6) is 2.39. The van der Waals surface area contributed by atoms with Crippen LogP contribution in [0.1, 0.15) is 148 Å². The van der Waals surface area contributed by atoms with Crippen LogP contribution in [0.25, 0.3) is 0 Å². The van der Waals surface area contributed by atoms with E-state index in [4.69, 9.17) is 0 Å². The number of nitrogens with zero attached hydrogens (tertiary/aromatic N) is 8. The largest absolute Gasteiger partial charge is 0.348 e. The lowest BCUT2D eigenvalue weighted by atomic mass is 9.78. The van der Waals surface area contributed by atoms with Gasteiger partial charge in [-0.1, -0.05) is 13.8 Å². The van der Waals surface area contributed by atoms with Crippen LogP contribution in [0.5, 0.6) is 0 Å². The Kier molecular flexibility index (Phi) is 22.1. The number of nitrogens with one attached hydrogen (secondary N) is 2. The van der Waals surface area contributed by atoms with Gasteiger partial charge in [-0.2, -0.15) is 0 Å². The molecule has 2 bridgehead atoms. The predicted octanol–water partition coefficient (Wildman–Crippen LogP) is 6.89.